The molecule has 0 radical (unpaired) electrons. The third-order valence-corrected chi connectivity index (χ3v) is 4.17. The van der Waals surface area contributed by atoms with Crippen molar-refractivity contribution in [1.29, 1.82) is 0 Å². The maximum Gasteiger partial charge on any atom is 0.309 e. The second-order valence-electron chi connectivity index (χ2n) is 5.91. The van der Waals surface area contributed by atoms with Gasteiger partial charge in [0.25, 0.3) is 5.79 Å². The topological polar surface area (TPSA) is 93.1 Å². The lowest BCUT2D eigenvalue weighted by Crippen LogP contribution is -2.61. The van der Waals surface area contributed by atoms with Crippen LogP contribution in [-0.2, 0) is 19.1 Å². The molecular weight excluding hydrogens is 264 g/mol. The first-order valence-electron chi connectivity index (χ1n) is 6.94. The molecule has 1 aliphatic heterocycles. The van der Waals surface area contributed by atoms with Gasteiger partial charge in [0.05, 0.1) is 5.41 Å². The van der Waals surface area contributed by atoms with Crippen LogP contribution in [0.2, 0.25) is 0 Å². The Bertz CT molecular complexity index is 360. The van der Waals surface area contributed by atoms with Crippen molar-refractivity contribution >= 4 is 11.9 Å². The maximum absolute atomic E-state index is 11.9. The number of cyclic esters (lactones) is 2. The molecule has 1 rings (SSSR count). The van der Waals surface area contributed by atoms with Crippen molar-refractivity contribution in [3.63, 3.8) is 0 Å². The number of esters is 2. The molecule has 0 aromatic rings. The summed E-state index contributed by atoms with van der Waals surface area (Å²) in [6.07, 6.45) is 1.59. The van der Waals surface area contributed by atoms with Crippen LogP contribution in [0.1, 0.15) is 59.8 Å². The molecule has 116 valence electrons. The monoisotopic (exact) mass is 288 g/mol. The van der Waals surface area contributed by atoms with E-state index in [9.17, 15) is 19.8 Å². The molecule has 6 heteroatoms. The van der Waals surface area contributed by atoms with E-state index in [1.54, 1.807) is 6.92 Å². The van der Waals surface area contributed by atoms with Gasteiger partial charge in [-0.05, 0) is 33.6 Å². The van der Waals surface area contributed by atoms with Crippen molar-refractivity contribution < 1.29 is 29.3 Å². The summed E-state index contributed by atoms with van der Waals surface area (Å²) in [7, 11) is 0. The Morgan fingerprint density at radius 3 is 1.75 bits per heavy atom. The Morgan fingerprint density at radius 1 is 1.05 bits per heavy atom. The average Bonchev–Trinajstić information content (AvgIpc) is 2.38. The van der Waals surface area contributed by atoms with E-state index in [1.165, 1.54) is 20.8 Å². The van der Waals surface area contributed by atoms with Gasteiger partial charge < -0.3 is 19.7 Å². The Hall–Kier alpha value is -1.14. The minimum Gasteiger partial charge on any atom is -0.422 e. The van der Waals surface area contributed by atoms with E-state index in [0.717, 1.165) is 0 Å². The Kier molecular flexibility index (Phi) is 4.82. The van der Waals surface area contributed by atoms with Gasteiger partial charge in [-0.2, -0.15) is 0 Å². The molecule has 0 aromatic heterocycles. The lowest BCUT2D eigenvalue weighted by molar-refractivity contribution is -0.341. The number of carbonyl (C=O) groups is 2. The van der Waals surface area contributed by atoms with Crippen molar-refractivity contribution in [3.05, 3.63) is 0 Å². The largest absolute Gasteiger partial charge is 0.422 e. The fraction of sp³-hybridized carbons (Fsp3) is 0.857. The molecule has 2 N–H and O–H groups in total. The van der Waals surface area contributed by atoms with Crippen molar-refractivity contribution in [2.24, 2.45) is 5.41 Å². The summed E-state index contributed by atoms with van der Waals surface area (Å²) in [4.78, 5) is 23.7. The predicted molar refractivity (Wildman–Crippen MR) is 70.3 cm³/mol. The fourth-order valence-corrected chi connectivity index (χ4v) is 2.23. The van der Waals surface area contributed by atoms with Crippen LogP contribution in [0.25, 0.3) is 0 Å². The normalized spacial score (nSPS) is 21.3. The first-order valence-corrected chi connectivity index (χ1v) is 6.94. The smallest absolute Gasteiger partial charge is 0.309 e. The highest BCUT2D eigenvalue weighted by Gasteiger charge is 2.59. The van der Waals surface area contributed by atoms with Gasteiger partial charge in [0, 0.05) is 19.3 Å². The number of carbonyl (C=O) groups excluding carboxylic acids is 2. The van der Waals surface area contributed by atoms with Gasteiger partial charge >= 0.3 is 11.9 Å². The lowest BCUT2D eigenvalue weighted by atomic mass is 9.74. The Balaban J connectivity index is 3.25. The predicted octanol–water partition coefficient (Wildman–Crippen LogP) is 1.48. The highest BCUT2D eigenvalue weighted by molar-refractivity contribution is 5.73. The zero-order valence-electron chi connectivity index (χ0n) is 12.6. The molecule has 0 saturated carbocycles. The Labute approximate surface area is 119 Å². The maximum atomic E-state index is 11.9. The van der Waals surface area contributed by atoms with Gasteiger partial charge in [-0.3, -0.25) is 9.59 Å². The molecule has 0 aromatic carbocycles. The van der Waals surface area contributed by atoms with E-state index in [-0.39, 0.29) is 19.3 Å². The standard InChI is InChI=1S/C14H24O6/c1-5-14(12(2,3)13(4,17)18)19-10(15)8-6-7-9-11(16)20-14/h17-18H,5-9H2,1-4H3. The zero-order chi connectivity index (χ0) is 15.6. The molecule has 0 amide bonds. The number of hydrogen-bond donors (Lipinski definition) is 2. The third kappa shape index (κ3) is 3.12. The first-order chi connectivity index (χ1) is 9.06. The molecule has 0 atom stereocenters. The summed E-state index contributed by atoms with van der Waals surface area (Å²) in [5.74, 6) is -4.88. The second-order valence-corrected chi connectivity index (χ2v) is 5.91. The summed E-state index contributed by atoms with van der Waals surface area (Å²) < 4.78 is 10.7. The van der Waals surface area contributed by atoms with Gasteiger partial charge in [-0.15, -0.1) is 0 Å². The minimum atomic E-state index is -2.18. The summed E-state index contributed by atoms with van der Waals surface area (Å²) in [5.41, 5.74) is -1.38. The number of aliphatic hydroxyl groups is 2. The van der Waals surface area contributed by atoms with Gasteiger partial charge in [-0.1, -0.05) is 6.92 Å². The van der Waals surface area contributed by atoms with Gasteiger partial charge in [-0.25, -0.2) is 0 Å². The molecule has 6 nitrogen and oxygen atoms in total. The van der Waals surface area contributed by atoms with Crippen LogP contribution in [0.15, 0.2) is 0 Å². The molecule has 0 unspecified atom stereocenters. The lowest BCUT2D eigenvalue weighted by Gasteiger charge is -2.48. The average molecular weight is 288 g/mol. The summed E-state index contributed by atoms with van der Waals surface area (Å²) in [6, 6.07) is 0. The number of rotatable bonds is 3. The van der Waals surface area contributed by atoms with Crippen molar-refractivity contribution in [3.8, 4) is 0 Å². The highest BCUT2D eigenvalue weighted by Crippen LogP contribution is 2.46. The van der Waals surface area contributed by atoms with E-state index < -0.39 is 28.9 Å². The summed E-state index contributed by atoms with van der Waals surface area (Å²) in [6.45, 7) is 5.84. The van der Waals surface area contributed by atoms with Crippen LogP contribution < -0.4 is 0 Å². The van der Waals surface area contributed by atoms with E-state index in [0.29, 0.717) is 12.8 Å². The van der Waals surface area contributed by atoms with Crippen LogP contribution in [0.4, 0.5) is 0 Å². The molecule has 1 heterocycles. The number of hydrogen-bond acceptors (Lipinski definition) is 6. The minimum absolute atomic E-state index is 0.133. The molecule has 0 bridgehead atoms. The van der Waals surface area contributed by atoms with Crippen LogP contribution >= 0.6 is 0 Å². The van der Waals surface area contributed by atoms with E-state index in [1.807, 2.05) is 0 Å². The van der Waals surface area contributed by atoms with E-state index in [4.69, 9.17) is 9.47 Å². The second kappa shape index (κ2) is 5.69. The highest BCUT2D eigenvalue weighted by atomic mass is 16.7. The van der Waals surface area contributed by atoms with E-state index in [2.05, 4.69) is 0 Å². The van der Waals surface area contributed by atoms with Crippen LogP contribution in [-0.4, -0.2) is 33.7 Å². The zero-order valence-corrected chi connectivity index (χ0v) is 12.6. The van der Waals surface area contributed by atoms with Gasteiger partial charge in [0.2, 0.25) is 0 Å². The molecule has 1 fully saturated rings. The van der Waals surface area contributed by atoms with Crippen LogP contribution in [0.5, 0.6) is 0 Å². The van der Waals surface area contributed by atoms with Gasteiger partial charge in [0.15, 0.2) is 5.79 Å². The fourth-order valence-electron chi connectivity index (χ4n) is 2.23. The molecule has 0 aliphatic carbocycles. The van der Waals surface area contributed by atoms with E-state index >= 15 is 0 Å². The first kappa shape index (κ1) is 16.9. The van der Waals surface area contributed by atoms with Crippen LogP contribution in [0, 0.1) is 5.41 Å². The quantitative estimate of drug-likeness (QED) is 0.603. The molecule has 0 spiro atoms. The van der Waals surface area contributed by atoms with Crippen molar-refractivity contribution in [2.45, 2.75) is 71.4 Å². The SMILES string of the molecule is CCC1(C(C)(C)C(C)(O)O)OC(=O)CCCCC(=O)O1. The third-order valence-electron chi connectivity index (χ3n) is 4.17. The van der Waals surface area contributed by atoms with Gasteiger partial charge in [0.1, 0.15) is 0 Å². The van der Waals surface area contributed by atoms with Crippen LogP contribution in [0.3, 0.4) is 0 Å². The molecular formula is C14H24O6. The number of ether oxygens (including phenoxy) is 2. The molecule has 1 aliphatic rings. The van der Waals surface area contributed by atoms with Crippen molar-refractivity contribution in [2.75, 3.05) is 0 Å². The summed E-state index contributed by atoms with van der Waals surface area (Å²) >= 11 is 0. The van der Waals surface area contributed by atoms with Crippen molar-refractivity contribution in [1.82, 2.24) is 0 Å². The molecule has 20 heavy (non-hydrogen) atoms. The molecule has 1 saturated heterocycles. The Morgan fingerprint density at radius 2 is 1.45 bits per heavy atom. The summed E-state index contributed by atoms with van der Waals surface area (Å²) in [5, 5.41) is 19.9.